The SMILES string of the molecule is Cc1cc([C@@H](C)Nc2cccnc2C(F)(F)F)c2cc(-c3cnc(-c4ccn(C)c(=O)c4C)nc3)n(C)c(=O)c2c1. The van der Waals surface area contributed by atoms with E-state index in [4.69, 9.17) is 0 Å². The van der Waals surface area contributed by atoms with Crippen LogP contribution >= 0.6 is 0 Å². The summed E-state index contributed by atoms with van der Waals surface area (Å²) in [4.78, 5) is 38.3. The number of aryl methyl sites for hydroxylation is 2. The maximum absolute atomic E-state index is 13.6. The first-order valence-corrected chi connectivity index (χ1v) is 12.8. The number of aromatic nitrogens is 5. The minimum Gasteiger partial charge on any atom is -0.377 e. The van der Waals surface area contributed by atoms with Crippen LogP contribution in [0.15, 0.2) is 70.8 Å². The van der Waals surface area contributed by atoms with E-state index in [1.54, 1.807) is 58.7 Å². The quantitative estimate of drug-likeness (QED) is 0.302. The van der Waals surface area contributed by atoms with E-state index >= 15 is 0 Å². The highest BCUT2D eigenvalue weighted by Gasteiger charge is 2.35. The Morgan fingerprint density at radius 1 is 0.927 bits per heavy atom. The number of hydrogen-bond donors (Lipinski definition) is 1. The summed E-state index contributed by atoms with van der Waals surface area (Å²) < 4.78 is 43.7. The van der Waals surface area contributed by atoms with Crippen LogP contribution in [-0.2, 0) is 20.3 Å². The highest BCUT2D eigenvalue weighted by molar-refractivity contribution is 5.89. The van der Waals surface area contributed by atoms with E-state index in [0.717, 1.165) is 11.8 Å². The molecule has 1 N–H and O–H groups in total. The van der Waals surface area contributed by atoms with Gasteiger partial charge in [0, 0.05) is 67.0 Å². The lowest BCUT2D eigenvalue weighted by Crippen LogP contribution is -2.20. The molecule has 0 saturated carbocycles. The van der Waals surface area contributed by atoms with Crippen molar-refractivity contribution in [2.75, 3.05) is 5.32 Å². The maximum Gasteiger partial charge on any atom is 0.435 e. The Hall–Kier alpha value is -4.80. The van der Waals surface area contributed by atoms with Gasteiger partial charge in [0.1, 0.15) is 0 Å². The topological polar surface area (TPSA) is 94.7 Å². The summed E-state index contributed by atoms with van der Waals surface area (Å²) in [6.07, 6.45) is 1.29. The van der Waals surface area contributed by atoms with E-state index < -0.39 is 17.9 Å². The normalized spacial score (nSPS) is 12.5. The molecule has 4 heterocycles. The first kappa shape index (κ1) is 27.8. The van der Waals surface area contributed by atoms with Crippen LogP contribution in [0.25, 0.3) is 33.4 Å². The van der Waals surface area contributed by atoms with Crippen LogP contribution in [0.4, 0.5) is 18.9 Å². The molecule has 0 aliphatic carbocycles. The zero-order valence-corrected chi connectivity index (χ0v) is 23.0. The van der Waals surface area contributed by atoms with Crippen LogP contribution < -0.4 is 16.4 Å². The van der Waals surface area contributed by atoms with Crippen molar-refractivity contribution in [3.05, 3.63) is 104 Å². The minimum absolute atomic E-state index is 0.147. The minimum atomic E-state index is -4.63. The molecular weight excluding hydrogens is 533 g/mol. The molecule has 0 amide bonds. The Labute approximate surface area is 233 Å². The number of nitrogens with zero attached hydrogens (tertiary/aromatic N) is 5. The molecule has 0 spiro atoms. The first-order chi connectivity index (χ1) is 19.4. The van der Waals surface area contributed by atoms with Gasteiger partial charge in [-0.3, -0.25) is 9.59 Å². The number of nitrogens with one attached hydrogen (secondary N) is 1. The van der Waals surface area contributed by atoms with Gasteiger partial charge in [-0.25, -0.2) is 15.0 Å². The Morgan fingerprint density at radius 3 is 2.32 bits per heavy atom. The van der Waals surface area contributed by atoms with Crippen LogP contribution in [0, 0.1) is 13.8 Å². The van der Waals surface area contributed by atoms with Crippen LogP contribution in [0.5, 0.6) is 0 Å². The van der Waals surface area contributed by atoms with Crippen LogP contribution in [-0.4, -0.2) is 24.1 Å². The molecule has 5 rings (SSSR count). The van der Waals surface area contributed by atoms with Gasteiger partial charge in [0.05, 0.1) is 11.4 Å². The molecule has 0 saturated heterocycles. The number of anilines is 1. The third kappa shape index (κ3) is 5.10. The van der Waals surface area contributed by atoms with Crippen molar-refractivity contribution in [2.45, 2.75) is 33.0 Å². The van der Waals surface area contributed by atoms with Gasteiger partial charge in [-0.1, -0.05) is 6.07 Å². The molecular formula is C30H27F3N6O2. The Morgan fingerprint density at radius 2 is 1.63 bits per heavy atom. The first-order valence-electron chi connectivity index (χ1n) is 12.8. The molecule has 0 aliphatic rings. The molecule has 0 aliphatic heterocycles. The van der Waals surface area contributed by atoms with E-state index in [2.05, 4.69) is 20.3 Å². The predicted octanol–water partition coefficient (Wildman–Crippen LogP) is 5.56. The fourth-order valence-electron chi connectivity index (χ4n) is 4.98. The fraction of sp³-hybridized carbons (Fsp3) is 0.233. The van der Waals surface area contributed by atoms with E-state index in [1.807, 2.05) is 19.1 Å². The lowest BCUT2D eigenvalue weighted by molar-refractivity contribution is -0.140. The summed E-state index contributed by atoms with van der Waals surface area (Å²) in [5.41, 5.74) is 2.10. The monoisotopic (exact) mass is 560 g/mol. The standard InChI is InChI=1S/C30H27F3N6O2/c1-16-11-21(18(3)37-24-7-6-9-34-26(24)30(31,32)33)22-13-25(39(5)29(41)23(22)12-16)19-14-35-27(36-15-19)20-8-10-38(4)28(40)17(20)2/h6-15,18,37H,1-5H3/t18-/m1/s1. The van der Waals surface area contributed by atoms with E-state index in [9.17, 15) is 22.8 Å². The average Bonchev–Trinajstić information content (AvgIpc) is 2.93. The van der Waals surface area contributed by atoms with Crippen molar-refractivity contribution >= 4 is 16.5 Å². The number of rotatable bonds is 5. The second-order valence-electron chi connectivity index (χ2n) is 10.0. The molecule has 1 aromatic carbocycles. The number of pyridine rings is 3. The van der Waals surface area contributed by atoms with E-state index in [-0.39, 0.29) is 16.8 Å². The van der Waals surface area contributed by atoms with Gasteiger partial charge >= 0.3 is 6.18 Å². The van der Waals surface area contributed by atoms with Crippen LogP contribution in [0.2, 0.25) is 0 Å². The average molecular weight is 561 g/mol. The van der Waals surface area contributed by atoms with Gasteiger partial charge in [0.15, 0.2) is 11.5 Å². The number of hydrogen-bond acceptors (Lipinski definition) is 6. The highest BCUT2D eigenvalue weighted by atomic mass is 19.4. The highest BCUT2D eigenvalue weighted by Crippen LogP contribution is 2.36. The number of alkyl halides is 3. The van der Waals surface area contributed by atoms with Crippen molar-refractivity contribution in [1.82, 2.24) is 24.1 Å². The molecule has 11 heteroatoms. The third-order valence-corrected chi connectivity index (χ3v) is 7.15. The lowest BCUT2D eigenvalue weighted by atomic mass is 9.96. The largest absolute Gasteiger partial charge is 0.435 e. The second kappa shape index (κ2) is 10.3. The number of fused-ring (bicyclic) bond motifs is 1. The molecule has 0 bridgehead atoms. The van der Waals surface area contributed by atoms with Crippen molar-refractivity contribution in [1.29, 1.82) is 0 Å². The second-order valence-corrected chi connectivity index (χ2v) is 10.0. The summed E-state index contributed by atoms with van der Waals surface area (Å²) in [6, 6.07) is 9.38. The van der Waals surface area contributed by atoms with E-state index in [1.165, 1.54) is 21.3 Å². The van der Waals surface area contributed by atoms with Gasteiger partial charge in [0.2, 0.25) is 0 Å². The molecule has 0 unspecified atom stereocenters. The Kier molecular flexibility index (Phi) is 6.98. The van der Waals surface area contributed by atoms with E-state index in [0.29, 0.717) is 44.5 Å². The third-order valence-electron chi connectivity index (χ3n) is 7.15. The van der Waals surface area contributed by atoms with Gasteiger partial charge in [-0.15, -0.1) is 0 Å². The predicted molar refractivity (Wildman–Crippen MR) is 152 cm³/mol. The molecule has 210 valence electrons. The summed E-state index contributed by atoms with van der Waals surface area (Å²) in [5.74, 6) is 0.376. The van der Waals surface area contributed by atoms with Gasteiger partial charge in [-0.05, 0) is 67.6 Å². The molecule has 4 aromatic heterocycles. The maximum atomic E-state index is 13.6. The molecule has 5 aromatic rings. The Balaban J connectivity index is 1.60. The summed E-state index contributed by atoms with van der Waals surface area (Å²) in [7, 11) is 3.31. The zero-order valence-electron chi connectivity index (χ0n) is 23.0. The zero-order chi connectivity index (χ0) is 29.6. The van der Waals surface area contributed by atoms with Crippen LogP contribution in [0.3, 0.4) is 0 Å². The molecule has 8 nitrogen and oxygen atoms in total. The van der Waals surface area contributed by atoms with Gasteiger partial charge < -0.3 is 14.5 Å². The fourth-order valence-corrected chi connectivity index (χ4v) is 4.98. The molecule has 41 heavy (non-hydrogen) atoms. The number of benzene rings is 1. The van der Waals surface area contributed by atoms with Gasteiger partial charge in [-0.2, -0.15) is 13.2 Å². The number of halogens is 3. The lowest BCUT2D eigenvalue weighted by Gasteiger charge is -2.21. The Bertz CT molecular complexity index is 1910. The smallest absolute Gasteiger partial charge is 0.377 e. The molecule has 0 radical (unpaired) electrons. The van der Waals surface area contributed by atoms with Crippen molar-refractivity contribution in [3.63, 3.8) is 0 Å². The summed E-state index contributed by atoms with van der Waals surface area (Å²) in [6.45, 7) is 5.28. The van der Waals surface area contributed by atoms with Crippen molar-refractivity contribution in [2.24, 2.45) is 14.1 Å². The van der Waals surface area contributed by atoms with Crippen LogP contribution in [0.1, 0.15) is 35.3 Å². The van der Waals surface area contributed by atoms with Gasteiger partial charge in [0.25, 0.3) is 11.1 Å². The van der Waals surface area contributed by atoms with Crippen molar-refractivity contribution < 1.29 is 13.2 Å². The summed E-state index contributed by atoms with van der Waals surface area (Å²) >= 11 is 0. The summed E-state index contributed by atoms with van der Waals surface area (Å²) in [5, 5.41) is 3.98. The molecule has 0 fully saturated rings. The van der Waals surface area contributed by atoms with Crippen molar-refractivity contribution in [3.8, 4) is 22.6 Å². The molecule has 1 atom stereocenters.